The van der Waals surface area contributed by atoms with E-state index in [1.54, 1.807) is 44.0 Å². The Morgan fingerprint density at radius 1 is 1.16 bits per heavy atom. The average molecular weight is 485 g/mol. The number of hydrogen-bond donors (Lipinski definition) is 1. The number of unbranched alkanes of at least 4 members (excludes halogenated alkanes) is 2. The van der Waals surface area contributed by atoms with Gasteiger partial charge in [0.15, 0.2) is 0 Å². The summed E-state index contributed by atoms with van der Waals surface area (Å²) in [5, 5.41) is 4.72. The molecule has 0 amide bonds. The van der Waals surface area contributed by atoms with Crippen LogP contribution in [0.3, 0.4) is 0 Å². The molecule has 0 saturated carbocycles. The number of hydrogen-bond acceptors (Lipinski definition) is 3. The minimum Gasteiger partial charge on any atom is -0.337 e. The molecule has 1 atom stereocenters. The molecular weight excluding hydrogens is 457 g/mol. The lowest BCUT2D eigenvalue weighted by Gasteiger charge is -2.19. The van der Waals surface area contributed by atoms with E-state index in [1.807, 2.05) is 19.4 Å². The van der Waals surface area contributed by atoms with Crippen LogP contribution in [0.2, 0.25) is 10.0 Å². The molecule has 0 aliphatic rings. The Morgan fingerprint density at radius 3 is 2.39 bits per heavy atom. The highest BCUT2D eigenvalue weighted by molar-refractivity contribution is 7.99. The molecule has 31 heavy (non-hydrogen) atoms. The molecule has 1 aromatic carbocycles. The quantitative estimate of drug-likeness (QED) is 0.328. The van der Waals surface area contributed by atoms with Crippen LogP contribution in [0.4, 0.5) is 5.69 Å². The zero-order chi connectivity index (χ0) is 22.8. The predicted molar refractivity (Wildman–Crippen MR) is 126 cm³/mol. The molecule has 168 valence electrons. The molecule has 3 aromatic rings. The van der Waals surface area contributed by atoms with Gasteiger partial charge in [0.05, 0.1) is 24.8 Å². The summed E-state index contributed by atoms with van der Waals surface area (Å²) in [5.74, 6) is 0. The zero-order valence-corrected chi connectivity index (χ0v) is 20.5. The van der Waals surface area contributed by atoms with Crippen molar-refractivity contribution < 1.29 is 8.76 Å². The fourth-order valence-electron chi connectivity index (χ4n) is 3.71. The molecule has 0 radical (unpaired) electrons. The maximum Gasteiger partial charge on any atom is 0.351 e. The van der Waals surface area contributed by atoms with Gasteiger partial charge in [-0.2, -0.15) is 14.0 Å². The van der Waals surface area contributed by atoms with Crippen molar-refractivity contribution in [2.24, 2.45) is 7.05 Å². The van der Waals surface area contributed by atoms with Crippen LogP contribution in [0.15, 0.2) is 35.7 Å². The molecule has 1 unspecified atom stereocenters. The van der Waals surface area contributed by atoms with E-state index in [-0.39, 0.29) is 14.9 Å². The van der Waals surface area contributed by atoms with Crippen molar-refractivity contribution in [2.45, 2.75) is 51.0 Å². The van der Waals surface area contributed by atoms with Crippen molar-refractivity contribution in [1.29, 1.82) is 0 Å². The number of benzene rings is 1. The van der Waals surface area contributed by atoms with Gasteiger partial charge in [-0.1, -0.05) is 29.6 Å². The van der Waals surface area contributed by atoms with E-state index < -0.39 is 10.4 Å². The lowest BCUT2D eigenvalue weighted by Crippen LogP contribution is -2.33. The molecule has 0 aliphatic heterocycles. The van der Waals surface area contributed by atoms with Gasteiger partial charge in [-0.15, -0.1) is 0 Å². The first-order chi connectivity index (χ1) is 14.6. The molecule has 0 aliphatic carbocycles. The van der Waals surface area contributed by atoms with E-state index in [1.165, 1.54) is 4.31 Å². The molecule has 0 bridgehead atoms. The first kappa shape index (κ1) is 23.8. The topological polar surface area (TPSA) is 76.2 Å². The molecular formula is C21H28Cl2N5O2S+. The molecule has 2 aromatic heterocycles. The molecule has 0 fully saturated rings. The predicted octanol–water partition coefficient (Wildman–Crippen LogP) is 5.34. The highest BCUT2D eigenvalue weighted by Gasteiger charge is 2.43. The first-order valence-electron chi connectivity index (χ1n) is 10.1. The standard InChI is InChI=1S/C21H27Cl2N5O2S/c1-15-20(16(2)26(3)25-15)27(4)31(29,30)21-18(22)12-17(13-19(21)23)8-6-5-7-10-28-11-9-24-14-28/h9,11-14H,5-8,10H2,1-4H3/p+1. The van der Waals surface area contributed by atoms with Crippen molar-refractivity contribution in [1.82, 2.24) is 19.3 Å². The summed E-state index contributed by atoms with van der Waals surface area (Å²) in [4.78, 5) is 4.07. The second-order valence-corrected chi connectivity index (χ2v) is 10.4. The highest BCUT2D eigenvalue weighted by atomic mass is 35.5. The molecule has 1 N–H and O–H groups in total. The van der Waals surface area contributed by atoms with Crippen LogP contribution in [-0.2, 0) is 34.6 Å². The maximum absolute atomic E-state index is 13.4. The fraction of sp³-hybridized carbons (Fsp3) is 0.429. The van der Waals surface area contributed by atoms with Crippen molar-refractivity contribution in [3.63, 3.8) is 0 Å². The van der Waals surface area contributed by atoms with Gasteiger partial charge in [0.1, 0.15) is 15.7 Å². The van der Waals surface area contributed by atoms with E-state index in [0.717, 1.165) is 43.5 Å². The van der Waals surface area contributed by atoms with Gasteiger partial charge < -0.3 is 4.57 Å². The smallest absolute Gasteiger partial charge is 0.337 e. The van der Waals surface area contributed by atoms with E-state index >= 15 is 0 Å². The Bertz CT molecular complexity index is 1070. The number of rotatable bonds is 9. The van der Waals surface area contributed by atoms with Gasteiger partial charge in [0.25, 0.3) is 4.90 Å². The summed E-state index contributed by atoms with van der Waals surface area (Å²) in [6.45, 7) is 4.58. The Labute approximate surface area is 194 Å². The minimum absolute atomic E-state index is 0.0323. The summed E-state index contributed by atoms with van der Waals surface area (Å²) < 4.78 is 29.5. The molecule has 0 spiro atoms. The molecule has 10 heteroatoms. The van der Waals surface area contributed by atoms with Gasteiger partial charge >= 0.3 is 10.4 Å². The average Bonchev–Trinajstić information content (AvgIpc) is 3.28. The summed E-state index contributed by atoms with van der Waals surface area (Å²) in [6, 6.07) is 3.48. The number of anilines is 1. The van der Waals surface area contributed by atoms with Crippen molar-refractivity contribution >= 4 is 39.3 Å². The van der Waals surface area contributed by atoms with Gasteiger partial charge in [0, 0.05) is 26.0 Å². The largest absolute Gasteiger partial charge is 0.351 e. The molecule has 2 heterocycles. The molecule has 7 nitrogen and oxygen atoms in total. The number of aromatic nitrogens is 4. The molecule has 0 saturated heterocycles. The third-order valence-corrected chi connectivity index (χ3v) is 8.14. The summed E-state index contributed by atoms with van der Waals surface area (Å²) >= 11 is 12.9. The van der Waals surface area contributed by atoms with E-state index in [4.69, 9.17) is 23.2 Å². The second-order valence-electron chi connectivity index (χ2n) is 7.64. The monoisotopic (exact) mass is 484 g/mol. The van der Waals surface area contributed by atoms with Gasteiger partial charge in [-0.3, -0.25) is 4.68 Å². The summed E-state index contributed by atoms with van der Waals surface area (Å²) in [7, 11) is -0.348. The van der Waals surface area contributed by atoms with Gasteiger partial charge in [0.2, 0.25) is 0 Å². The lowest BCUT2D eigenvalue weighted by atomic mass is 10.1. The summed E-state index contributed by atoms with van der Waals surface area (Å²) in [6.07, 6.45) is 9.42. The van der Waals surface area contributed by atoms with E-state index in [0.29, 0.717) is 11.4 Å². The van der Waals surface area contributed by atoms with Crippen LogP contribution < -0.4 is 4.31 Å². The Balaban J connectivity index is 1.72. The van der Waals surface area contributed by atoms with Crippen LogP contribution in [0, 0.1) is 13.8 Å². The van der Waals surface area contributed by atoms with Crippen molar-refractivity contribution in [3.8, 4) is 0 Å². The van der Waals surface area contributed by atoms with Crippen LogP contribution in [0.5, 0.6) is 0 Å². The van der Waals surface area contributed by atoms with Crippen molar-refractivity contribution in [3.05, 3.63) is 57.9 Å². The summed E-state index contributed by atoms with van der Waals surface area (Å²) in [5.41, 5.74) is 2.97. The van der Waals surface area contributed by atoms with Gasteiger partial charge in [-0.05, 0) is 55.0 Å². The SMILES string of the molecule is Cc1nn(C)c(C)c1N(C)[S+](=O)(O)c1c(Cl)cc(CCCCCn2ccnc2)cc1Cl. The number of halogens is 2. The Hall–Kier alpha value is -1.87. The van der Waals surface area contributed by atoms with Crippen LogP contribution >= 0.6 is 23.2 Å². The van der Waals surface area contributed by atoms with Crippen LogP contribution in [0.1, 0.15) is 36.2 Å². The highest BCUT2D eigenvalue weighted by Crippen LogP contribution is 2.39. The zero-order valence-electron chi connectivity index (χ0n) is 18.2. The second kappa shape index (κ2) is 9.73. The lowest BCUT2D eigenvalue weighted by molar-refractivity contribution is 0.495. The number of nitrogens with zero attached hydrogens (tertiary/aromatic N) is 5. The molecule has 3 rings (SSSR count). The van der Waals surface area contributed by atoms with Crippen LogP contribution in [0.25, 0.3) is 0 Å². The van der Waals surface area contributed by atoms with Gasteiger partial charge in [-0.25, -0.2) is 4.98 Å². The fourth-order valence-corrected chi connectivity index (χ4v) is 6.26. The maximum atomic E-state index is 13.4. The Kier molecular flexibility index (Phi) is 7.47. The first-order valence-corrected chi connectivity index (χ1v) is 12.3. The van der Waals surface area contributed by atoms with Crippen LogP contribution in [-0.4, -0.2) is 30.9 Å². The third-order valence-electron chi connectivity index (χ3n) is 5.42. The third kappa shape index (κ3) is 5.14. The normalized spacial score (nSPS) is 13.4. The van der Waals surface area contributed by atoms with E-state index in [2.05, 4.69) is 14.6 Å². The number of imidazole rings is 1. The Morgan fingerprint density at radius 2 is 1.84 bits per heavy atom. The number of aryl methyl sites for hydroxylation is 4. The minimum atomic E-state index is -3.70. The van der Waals surface area contributed by atoms with Crippen molar-refractivity contribution in [2.75, 3.05) is 11.4 Å². The van der Waals surface area contributed by atoms with E-state index in [9.17, 15) is 8.76 Å².